The molecule has 0 spiro atoms. The second-order valence-electron chi connectivity index (χ2n) is 4.75. The lowest BCUT2D eigenvalue weighted by Gasteiger charge is -2.32. The molecule has 0 aromatic heterocycles. The Labute approximate surface area is 128 Å². The molecule has 0 unspecified atom stereocenters. The minimum absolute atomic E-state index is 0.0605. The zero-order chi connectivity index (χ0) is 16.8. The van der Waals surface area contributed by atoms with Gasteiger partial charge in [0, 0.05) is 38.9 Å². The third-order valence-electron chi connectivity index (χ3n) is 3.04. The number of rotatable bonds is 6. The Kier molecular flexibility index (Phi) is 6.33. The van der Waals surface area contributed by atoms with Crippen molar-refractivity contribution in [1.82, 2.24) is 14.5 Å². The second-order valence-corrected chi connectivity index (χ2v) is 6.73. The fourth-order valence-electron chi connectivity index (χ4n) is 1.86. The number of aliphatic carboxylic acids is 1. The van der Waals surface area contributed by atoms with E-state index in [2.05, 4.69) is 5.32 Å². The SMILES string of the molecule is CS(=O)(=O)N1CCN(/C=C(/C#N)C(=O)NCCC(=O)O)CC1. The van der Waals surface area contributed by atoms with Crippen molar-refractivity contribution < 1.29 is 23.1 Å². The van der Waals surface area contributed by atoms with Crippen LogP contribution in [0.3, 0.4) is 0 Å². The van der Waals surface area contributed by atoms with Crippen LogP contribution in [0.5, 0.6) is 0 Å². The Bertz CT molecular complexity index is 599. The van der Waals surface area contributed by atoms with E-state index in [1.807, 2.05) is 0 Å². The summed E-state index contributed by atoms with van der Waals surface area (Å²) in [5, 5.41) is 19.8. The fraction of sp³-hybridized carbons (Fsp3) is 0.583. The van der Waals surface area contributed by atoms with Crippen molar-refractivity contribution in [1.29, 1.82) is 5.26 Å². The van der Waals surface area contributed by atoms with Crippen molar-refractivity contribution in [2.75, 3.05) is 39.0 Å². The molecule has 0 aromatic rings. The number of piperazine rings is 1. The number of hydrogen-bond donors (Lipinski definition) is 2. The first-order chi connectivity index (χ1) is 10.2. The molecule has 2 N–H and O–H groups in total. The van der Waals surface area contributed by atoms with Gasteiger partial charge in [-0.15, -0.1) is 0 Å². The monoisotopic (exact) mass is 330 g/mol. The number of carboxylic acid groups (broad SMARTS) is 1. The Hall–Kier alpha value is -2.12. The van der Waals surface area contributed by atoms with Crippen molar-refractivity contribution in [2.24, 2.45) is 0 Å². The molecular formula is C12H18N4O5S. The van der Waals surface area contributed by atoms with Gasteiger partial charge in [0.15, 0.2) is 0 Å². The molecule has 1 aliphatic rings. The fourth-order valence-corrected chi connectivity index (χ4v) is 2.69. The quantitative estimate of drug-likeness (QED) is 0.450. The standard InChI is InChI=1S/C12H18N4O5S/c1-22(20,21)16-6-4-15(5-7-16)9-10(8-13)12(19)14-3-2-11(17)18/h9H,2-7H2,1H3,(H,14,19)(H,17,18)/b10-9-. The molecule has 22 heavy (non-hydrogen) atoms. The first-order valence-corrected chi connectivity index (χ1v) is 8.40. The summed E-state index contributed by atoms with van der Waals surface area (Å²) >= 11 is 0. The third kappa shape index (κ3) is 5.71. The van der Waals surface area contributed by atoms with E-state index in [9.17, 15) is 18.0 Å². The van der Waals surface area contributed by atoms with Crippen LogP contribution in [0.15, 0.2) is 11.8 Å². The topological polar surface area (TPSA) is 131 Å². The van der Waals surface area contributed by atoms with Gasteiger partial charge in [-0.1, -0.05) is 0 Å². The largest absolute Gasteiger partial charge is 0.481 e. The Morgan fingerprint density at radius 2 is 1.91 bits per heavy atom. The van der Waals surface area contributed by atoms with Gasteiger partial charge in [0.2, 0.25) is 10.0 Å². The van der Waals surface area contributed by atoms with E-state index in [4.69, 9.17) is 10.4 Å². The molecule has 122 valence electrons. The van der Waals surface area contributed by atoms with E-state index in [-0.39, 0.29) is 31.6 Å². The zero-order valence-electron chi connectivity index (χ0n) is 12.2. The van der Waals surface area contributed by atoms with Crippen LogP contribution in [-0.4, -0.2) is 73.6 Å². The summed E-state index contributed by atoms with van der Waals surface area (Å²) in [6, 6.07) is 1.76. The second kappa shape index (κ2) is 7.77. The van der Waals surface area contributed by atoms with Gasteiger partial charge < -0.3 is 15.3 Å². The highest BCUT2D eigenvalue weighted by Crippen LogP contribution is 2.08. The molecule has 1 aliphatic heterocycles. The number of hydrogen-bond acceptors (Lipinski definition) is 6. The summed E-state index contributed by atoms with van der Waals surface area (Å²) in [6.45, 7) is 1.26. The minimum Gasteiger partial charge on any atom is -0.481 e. The summed E-state index contributed by atoms with van der Waals surface area (Å²) in [4.78, 5) is 23.8. The number of nitriles is 1. The number of nitrogens with one attached hydrogen (secondary N) is 1. The van der Waals surface area contributed by atoms with Crippen molar-refractivity contribution in [3.8, 4) is 6.07 Å². The van der Waals surface area contributed by atoms with E-state index in [1.165, 1.54) is 10.5 Å². The maximum absolute atomic E-state index is 11.7. The molecule has 1 saturated heterocycles. The third-order valence-corrected chi connectivity index (χ3v) is 4.35. The molecule has 0 atom stereocenters. The van der Waals surface area contributed by atoms with Gasteiger partial charge in [0.1, 0.15) is 11.6 Å². The van der Waals surface area contributed by atoms with Gasteiger partial charge in [0.25, 0.3) is 5.91 Å². The maximum Gasteiger partial charge on any atom is 0.305 e. The average molecular weight is 330 g/mol. The van der Waals surface area contributed by atoms with Crippen molar-refractivity contribution in [3.05, 3.63) is 11.8 Å². The molecule has 0 radical (unpaired) electrons. The molecule has 0 aliphatic carbocycles. The van der Waals surface area contributed by atoms with E-state index in [1.54, 1.807) is 11.0 Å². The smallest absolute Gasteiger partial charge is 0.305 e. The van der Waals surface area contributed by atoms with Crippen LogP contribution >= 0.6 is 0 Å². The van der Waals surface area contributed by atoms with Crippen molar-refractivity contribution in [3.63, 3.8) is 0 Å². The van der Waals surface area contributed by atoms with Gasteiger partial charge >= 0.3 is 5.97 Å². The van der Waals surface area contributed by atoms with Crippen LogP contribution in [0.25, 0.3) is 0 Å². The van der Waals surface area contributed by atoms with Crippen LogP contribution in [0.4, 0.5) is 0 Å². The zero-order valence-corrected chi connectivity index (χ0v) is 13.0. The number of sulfonamides is 1. The molecule has 1 rings (SSSR count). The molecule has 1 heterocycles. The van der Waals surface area contributed by atoms with E-state index >= 15 is 0 Å². The summed E-state index contributed by atoms with van der Waals surface area (Å²) in [7, 11) is -3.23. The highest BCUT2D eigenvalue weighted by molar-refractivity contribution is 7.88. The first-order valence-electron chi connectivity index (χ1n) is 6.55. The number of carbonyl (C=O) groups is 2. The summed E-state index contributed by atoms with van der Waals surface area (Å²) < 4.78 is 24.1. The number of carboxylic acids is 1. The molecule has 9 nitrogen and oxygen atoms in total. The first kappa shape index (κ1) is 17.9. The van der Waals surface area contributed by atoms with Crippen LogP contribution in [0.1, 0.15) is 6.42 Å². The normalized spacial score (nSPS) is 16.9. The molecule has 1 fully saturated rings. The lowest BCUT2D eigenvalue weighted by Crippen LogP contribution is -2.46. The summed E-state index contributed by atoms with van der Waals surface area (Å²) in [5.41, 5.74) is -0.141. The van der Waals surface area contributed by atoms with E-state index in [0.717, 1.165) is 6.26 Å². The van der Waals surface area contributed by atoms with Crippen molar-refractivity contribution in [2.45, 2.75) is 6.42 Å². The van der Waals surface area contributed by atoms with Gasteiger partial charge in [0.05, 0.1) is 12.7 Å². The number of amides is 1. The number of nitrogens with zero attached hydrogens (tertiary/aromatic N) is 3. The van der Waals surface area contributed by atoms with Gasteiger partial charge in [-0.2, -0.15) is 9.57 Å². The van der Waals surface area contributed by atoms with E-state index < -0.39 is 21.9 Å². The van der Waals surface area contributed by atoms with Crippen LogP contribution in [0, 0.1) is 11.3 Å². The van der Waals surface area contributed by atoms with Crippen LogP contribution in [-0.2, 0) is 19.6 Å². The molecule has 10 heteroatoms. The highest BCUT2D eigenvalue weighted by atomic mass is 32.2. The molecule has 0 bridgehead atoms. The molecule has 0 aromatic carbocycles. The lowest BCUT2D eigenvalue weighted by atomic mass is 10.2. The molecule has 1 amide bonds. The maximum atomic E-state index is 11.7. The minimum atomic E-state index is -3.23. The van der Waals surface area contributed by atoms with Crippen LogP contribution in [0.2, 0.25) is 0 Å². The summed E-state index contributed by atoms with van der Waals surface area (Å²) in [6.07, 6.45) is 2.28. The summed E-state index contributed by atoms with van der Waals surface area (Å²) in [5.74, 6) is -1.69. The Morgan fingerprint density at radius 3 is 2.36 bits per heavy atom. The molecular weight excluding hydrogens is 312 g/mol. The molecule has 0 saturated carbocycles. The Morgan fingerprint density at radius 1 is 1.32 bits per heavy atom. The predicted molar refractivity (Wildman–Crippen MR) is 76.9 cm³/mol. The van der Waals surface area contributed by atoms with Crippen molar-refractivity contribution >= 4 is 21.9 Å². The predicted octanol–water partition coefficient (Wildman–Crippen LogP) is -1.44. The van der Waals surface area contributed by atoms with E-state index in [0.29, 0.717) is 13.1 Å². The van der Waals surface area contributed by atoms with Gasteiger partial charge in [-0.3, -0.25) is 9.59 Å². The highest BCUT2D eigenvalue weighted by Gasteiger charge is 2.22. The average Bonchev–Trinajstić information content (AvgIpc) is 2.43. The lowest BCUT2D eigenvalue weighted by molar-refractivity contribution is -0.136. The van der Waals surface area contributed by atoms with Crippen LogP contribution < -0.4 is 5.32 Å². The Balaban J connectivity index is 2.57. The number of carbonyl (C=O) groups excluding carboxylic acids is 1. The van der Waals surface area contributed by atoms with Gasteiger partial charge in [-0.25, -0.2) is 8.42 Å². The van der Waals surface area contributed by atoms with Gasteiger partial charge in [-0.05, 0) is 0 Å².